The molecule has 120 valence electrons. The van der Waals surface area contributed by atoms with E-state index in [9.17, 15) is 9.59 Å². The minimum Gasteiger partial charge on any atom is -0.326 e. The molecule has 0 saturated heterocycles. The minimum absolute atomic E-state index is 0.174. The van der Waals surface area contributed by atoms with Gasteiger partial charge in [0.2, 0.25) is 5.91 Å². The van der Waals surface area contributed by atoms with Gasteiger partial charge in [0, 0.05) is 23.9 Å². The van der Waals surface area contributed by atoms with Gasteiger partial charge in [-0.15, -0.1) is 5.10 Å². The minimum atomic E-state index is -0.273. The first-order chi connectivity index (χ1) is 11.6. The molecule has 3 aromatic rings. The van der Waals surface area contributed by atoms with Crippen LogP contribution >= 0.6 is 0 Å². The van der Waals surface area contributed by atoms with Crippen molar-refractivity contribution in [3.05, 3.63) is 60.4 Å². The summed E-state index contributed by atoms with van der Waals surface area (Å²) in [5.74, 6) is -0.447. The maximum atomic E-state index is 12.4. The quantitative estimate of drug-likeness (QED) is 0.763. The van der Waals surface area contributed by atoms with Crippen molar-refractivity contribution in [2.24, 2.45) is 0 Å². The van der Waals surface area contributed by atoms with Crippen LogP contribution in [0.3, 0.4) is 0 Å². The highest BCUT2D eigenvalue weighted by atomic mass is 16.2. The van der Waals surface area contributed by atoms with E-state index >= 15 is 0 Å². The SMILES string of the molecule is CC(=O)Nc1cccc(NC(=O)c2cccc(-n3cnnn3)c2)c1. The van der Waals surface area contributed by atoms with Crippen LogP contribution in [0.15, 0.2) is 54.9 Å². The van der Waals surface area contributed by atoms with E-state index in [0.29, 0.717) is 22.6 Å². The Morgan fingerprint density at radius 2 is 1.75 bits per heavy atom. The molecule has 2 amide bonds. The fourth-order valence-corrected chi connectivity index (χ4v) is 2.15. The van der Waals surface area contributed by atoms with Crippen LogP contribution in [0.2, 0.25) is 0 Å². The van der Waals surface area contributed by atoms with E-state index in [2.05, 4.69) is 26.2 Å². The number of carbonyl (C=O) groups is 2. The van der Waals surface area contributed by atoms with E-state index in [1.807, 2.05) is 0 Å². The summed E-state index contributed by atoms with van der Waals surface area (Å²) >= 11 is 0. The lowest BCUT2D eigenvalue weighted by atomic mass is 10.2. The first kappa shape index (κ1) is 15.3. The van der Waals surface area contributed by atoms with Crippen molar-refractivity contribution in [1.29, 1.82) is 0 Å². The molecule has 24 heavy (non-hydrogen) atoms. The third-order valence-corrected chi connectivity index (χ3v) is 3.16. The summed E-state index contributed by atoms with van der Waals surface area (Å²) in [5, 5.41) is 16.4. The van der Waals surface area contributed by atoms with Crippen LogP contribution in [-0.4, -0.2) is 32.0 Å². The Balaban J connectivity index is 1.78. The Labute approximate surface area is 137 Å². The third kappa shape index (κ3) is 3.61. The fraction of sp³-hybridized carbons (Fsp3) is 0.0625. The molecule has 0 aliphatic heterocycles. The summed E-state index contributed by atoms with van der Waals surface area (Å²) in [6.45, 7) is 1.43. The molecule has 2 N–H and O–H groups in total. The van der Waals surface area contributed by atoms with Gasteiger partial charge in [-0.3, -0.25) is 9.59 Å². The Kier molecular flexibility index (Phi) is 4.28. The third-order valence-electron chi connectivity index (χ3n) is 3.16. The van der Waals surface area contributed by atoms with Gasteiger partial charge in [0.15, 0.2) is 0 Å². The Hall–Kier alpha value is -3.55. The fourth-order valence-electron chi connectivity index (χ4n) is 2.15. The molecule has 2 aromatic carbocycles. The molecule has 0 aliphatic carbocycles. The number of nitrogens with zero attached hydrogens (tertiary/aromatic N) is 4. The lowest BCUT2D eigenvalue weighted by molar-refractivity contribution is -0.114. The number of carbonyl (C=O) groups excluding carboxylic acids is 2. The molecule has 0 spiro atoms. The predicted molar refractivity (Wildman–Crippen MR) is 87.9 cm³/mol. The second kappa shape index (κ2) is 6.69. The number of tetrazole rings is 1. The molecule has 0 unspecified atom stereocenters. The molecule has 3 rings (SSSR count). The van der Waals surface area contributed by atoms with Gasteiger partial charge in [0.25, 0.3) is 5.91 Å². The number of benzene rings is 2. The maximum Gasteiger partial charge on any atom is 0.255 e. The Bertz CT molecular complexity index is 876. The number of amides is 2. The van der Waals surface area contributed by atoms with Gasteiger partial charge in [0.05, 0.1) is 5.69 Å². The molecule has 0 saturated carbocycles. The predicted octanol–water partition coefficient (Wildman–Crippen LogP) is 1.87. The highest BCUT2D eigenvalue weighted by molar-refractivity contribution is 6.05. The van der Waals surface area contributed by atoms with Gasteiger partial charge < -0.3 is 10.6 Å². The van der Waals surface area contributed by atoms with Gasteiger partial charge in [-0.1, -0.05) is 12.1 Å². The molecule has 0 fully saturated rings. The van der Waals surface area contributed by atoms with Crippen molar-refractivity contribution in [3.8, 4) is 5.69 Å². The van der Waals surface area contributed by atoms with Gasteiger partial charge in [-0.25, -0.2) is 4.68 Å². The van der Waals surface area contributed by atoms with Gasteiger partial charge >= 0.3 is 0 Å². The van der Waals surface area contributed by atoms with E-state index in [1.54, 1.807) is 48.5 Å². The van der Waals surface area contributed by atoms with Crippen molar-refractivity contribution < 1.29 is 9.59 Å². The lowest BCUT2D eigenvalue weighted by Gasteiger charge is -2.08. The van der Waals surface area contributed by atoms with Gasteiger partial charge in [-0.05, 0) is 46.8 Å². The second-order valence-electron chi connectivity index (χ2n) is 5.02. The van der Waals surface area contributed by atoms with Crippen molar-refractivity contribution in [3.63, 3.8) is 0 Å². The number of hydrogen-bond donors (Lipinski definition) is 2. The summed E-state index contributed by atoms with van der Waals surface area (Å²) < 4.78 is 1.47. The summed E-state index contributed by atoms with van der Waals surface area (Å²) in [5.41, 5.74) is 2.34. The Morgan fingerprint density at radius 3 is 2.46 bits per heavy atom. The average Bonchev–Trinajstić information content (AvgIpc) is 3.09. The number of hydrogen-bond acceptors (Lipinski definition) is 5. The molecule has 1 aromatic heterocycles. The van der Waals surface area contributed by atoms with E-state index in [1.165, 1.54) is 17.9 Å². The molecule has 0 bridgehead atoms. The standard InChI is InChI=1S/C16H14N6O2/c1-11(23)18-13-5-3-6-14(9-13)19-16(24)12-4-2-7-15(8-12)22-10-17-20-21-22/h2-10H,1H3,(H,18,23)(H,19,24). The van der Waals surface area contributed by atoms with Crippen molar-refractivity contribution in [2.75, 3.05) is 10.6 Å². The number of anilines is 2. The smallest absolute Gasteiger partial charge is 0.255 e. The largest absolute Gasteiger partial charge is 0.326 e. The van der Waals surface area contributed by atoms with Gasteiger partial charge in [-0.2, -0.15) is 0 Å². The summed E-state index contributed by atoms with van der Waals surface area (Å²) in [4.78, 5) is 23.5. The van der Waals surface area contributed by atoms with Crippen molar-refractivity contribution >= 4 is 23.2 Å². The van der Waals surface area contributed by atoms with Crippen LogP contribution < -0.4 is 10.6 Å². The first-order valence-corrected chi connectivity index (χ1v) is 7.14. The maximum absolute atomic E-state index is 12.4. The van der Waals surface area contributed by atoms with Gasteiger partial charge in [0.1, 0.15) is 6.33 Å². The summed E-state index contributed by atoms with van der Waals surface area (Å²) in [6, 6.07) is 13.8. The highest BCUT2D eigenvalue weighted by Crippen LogP contribution is 2.17. The molecule has 8 nitrogen and oxygen atoms in total. The van der Waals surface area contributed by atoms with E-state index in [4.69, 9.17) is 0 Å². The second-order valence-corrected chi connectivity index (χ2v) is 5.02. The number of nitrogens with one attached hydrogen (secondary N) is 2. The zero-order valence-corrected chi connectivity index (χ0v) is 12.8. The normalized spacial score (nSPS) is 10.2. The molecule has 0 atom stereocenters. The van der Waals surface area contributed by atoms with Crippen LogP contribution in [0.5, 0.6) is 0 Å². The first-order valence-electron chi connectivity index (χ1n) is 7.14. The monoisotopic (exact) mass is 322 g/mol. The number of rotatable bonds is 4. The van der Waals surface area contributed by atoms with E-state index in [-0.39, 0.29) is 11.8 Å². The zero-order valence-electron chi connectivity index (χ0n) is 12.8. The Morgan fingerprint density at radius 1 is 1.00 bits per heavy atom. The highest BCUT2D eigenvalue weighted by Gasteiger charge is 2.09. The molecule has 1 heterocycles. The zero-order chi connectivity index (χ0) is 16.9. The van der Waals surface area contributed by atoms with Crippen LogP contribution in [0.25, 0.3) is 5.69 Å². The molecular formula is C16H14N6O2. The molecule has 0 aliphatic rings. The van der Waals surface area contributed by atoms with Crippen LogP contribution in [-0.2, 0) is 4.79 Å². The summed E-state index contributed by atoms with van der Waals surface area (Å²) in [7, 11) is 0. The summed E-state index contributed by atoms with van der Waals surface area (Å²) in [6.07, 6.45) is 1.45. The number of aromatic nitrogens is 4. The van der Waals surface area contributed by atoms with Crippen molar-refractivity contribution in [1.82, 2.24) is 20.2 Å². The van der Waals surface area contributed by atoms with Crippen LogP contribution in [0.4, 0.5) is 11.4 Å². The van der Waals surface area contributed by atoms with E-state index < -0.39 is 0 Å². The van der Waals surface area contributed by atoms with Crippen molar-refractivity contribution in [2.45, 2.75) is 6.92 Å². The van der Waals surface area contributed by atoms with E-state index in [0.717, 1.165) is 0 Å². The van der Waals surface area contributed by atoms with Crippen LogP contribution in [0.1, 0.15) is 17.3 Å². The van der Waals surface area contributed by atoms with Crippen LogP contribution in [0, 0.1) is 0 Å². The lowest BCUT2D eigenvalue weighted by Crippen LogP contribution is -2.13. The topological polar surface area (TPSA) is 102 Å². The molecular weight excluding hydrogens is 308 g/mol. The average molecular weight is 322 g/mol. The molecule has 8 heteroatoms. The molecule has 0 radical (unpaired) electrons.